The van der Waals surface area contributed by atoms with E-state index < -0.39 is 29.7 Å². The van der Waals surface area contributed by atoms with Crippen LogP contribution in [0.25, 0.3) is 0 Å². The van der Waals surface area contributed by atoms with Crippen LogP contribution in [0.5, 0.6) is 5.75 Å². The summed E-state index contributed by atoms with van der Waals surface area (Å²) in [5, 5.41) is 2.63. The van der Waals surface area contributed by atoms with E-state index in [1.54, 1.807) is 31.4 Å². The third kappa shape index (κ3) is 6.29. The SMILES string of the molecule is COc1ccc(CNC(=O)[C@@H](C)OC(=O)Cc2cccc(C(F)(F)F)c2)cc1. The van der Waals surface area contributed by atoms with Crippen LogP contribution in [-0.2, 0) is 33.5 Å². The number of carbonyl (C=O) groups is 2. The van der Waals surface area contributed by atoms with Gasteiger partial charge in [-0.25, -0.2) is 0 Å². The van der Waals surface area contributed by atoms with Gasteiger partial charge in [0.05, 0.1) is 19.1 Å². The third-order valence-electron chi connectivity index (χ3n) is 3.91. The molecule has 0 aromatic heterocycles. The van der Waals surface area contributed by atoms with Crippen LogP contribution in [0.4, 0.5) is 13.2 Å². The summed E-state index contributed by atoms with van der Waals surface area (Å²) in [5.41, 5.74) is 0.144. The molecule has 2 aromatic rings. The molecular weight excluding hydrogens is 375 g/mol. The first-order chi connectivity index (χ1) is 13.2. The van der Waals surface area contributed by atoms with E-state index in [0.717, 1.165) is 17.7 Å². The van der Waals surface area contributed by atoms with Gasteiger partial charge in [0.25, 0.3) is 5.91 Å². The Morgan fingerprint density at radius 1 is 1.07 bits per heavy atom. The maximum Gasteiger partial charge on any atom is 0.416 e. The summed E-state index contributed by atoms with van der Waals surface area (Å²) in [4.78, 5) is 24.0. The largest absolute Gasteiger partial charge is 0.497 e. The fraction of sp³-hybridized carbons (Fsp3) is 0.300. The quantitative estimate of drug-likeness (QED) is 0.729. The maximum atomic E-state index is 12.7. The second-order valence-electron chi connectivity index (χ2n) is 6.07. The Labute approximate surface area is 160 Å². The Morgan fingerprint density at radius 3 is 2.36 bits per heavy atom. The average molecular weight is 395 g/mol. The molecule has 2 aromatic carbocycles. The zero-order valence-electron chi connectivity index (χ0n) is 15.4. The number of benzene rings is 2. The summed E-state index contributed by atoms with van der Waals surface area (Å²) < 4.78 is 48.2. The summed E-state index contributed by atoms with van der Waals surface area (Å²) in [7, 11) is 1.55. The molecule has 0 saturated carbocycles. The molecule has 1 amide bonds. The van der Waals surface area contributed by atoms with Gasteiger partial charge in [0.15, 0.2) is 6.10 Å². The Kier molecular flexibility index (Phi) is 7.03. The van der Waals surface area contributed by atoms with E-state index in [9.17, 15) is 22.8 Å². The minimum atomic E-state index is -4.49. The molecule has 0 aliphatic carbocycles. The Balaban J connectivity index is 1.84. The van der Waals surface area contributed by atoms with E-state index in [2.05, 4.69) is 5.32 Å². The van der Waals surface area contributed by atoms with Crippen molar-refractivity contribution in [3.8, 4) is 5.75 Å². The van der Waals surface area contributed by atoms with Gasteiger partial charge in [-0.05, 0) is 36.2 Å². The average Bonchev–Trinajstić information content (AvgIpc) is 2.65. The molecule has 8 heteroatoms. The van der Waals surface area contributed by atoms with Crippen molar-refractivity contribution in [2.24, 2.45) is 0 Å². The van der Waals surface area contributed by atoms with Crippen molar-refractivity contribution in [1.29, 1.82) is 0 Å². The molecule has 1 N–H and O–H groups in total. The van der Waals surface area contributed by atoms with Crippen molar-refractivity contribution < 1.29 is 32.2 Å². The summed E-state index contributed by atoms with van der Waals surface area (Å²) >= 11 is 0. The number of rotatable bonds is 7. The molecule has 0 unspecified atom stereocenters. The van der Waals surface area contributed by atoms with Gasteiger partial charge in [-0.2, -0.15) is 13.2 Å². The van der Waals surface area contributed by atoms with Crippen LogP contribution in [0.1, 0.15) is 23.6 Å². The van der Waals surface area contributed by atoms with Crippen molar-refractivity contribution in [2.45, 2.75) is 32.2 Å². The molecule has 1 atom stereocenters. The second kappa shape index (κ2) is 9.25. The lowest BCUT2D eigenvalue weighted by atomic mass is 10.1. The number of carbonyl (C=O) groups excluding carboxylic acids is 2. The van der Waals surface area contributed by atoms with Crippen molar-refractivity contribution in [1.82, 2.24) is 5.32 Å². The number of amides is 1. The first-order valence-corrected chi connectivity index (χ1v) is 8.45. The van der Waals surface area contributed by atoms with E-state index in [1.807, 2.05) is 0 Å². The fourth-order valence-corrected chi connectivity index (χ4v) is 2.39. The molecule has 0 fully saturated rings. The molecule has 0 aliphatic rings. The van der Waals surface area contributed by atoms with Crippen molar-refractivity contribution in [3.63, 3.8) is 0 Å². The second-order valence-corrected chi connectivity index (χ2v) is 6.07. The Bertz CT molecular complexity index is 819. The Hall–Kier alpha value is -3.03. The molecule has 0 bridgehead atoms. The van der Waals surface area contributed by atoms with Crippen LogP contribution < -0.4 is 10.1 Å². The minimum absolute atomic E-state index is 0.158. The number of alkyl halides is 3. The monoisotopic (exact) mass is 395 g/mol. The standard InChI is InChI=1S/C20H20F3NO4/c1-13(19(26)24-12-14-6-8-17(27-2)9-7-14)28-18(25)11-15-4-3-5-16(10-15)20(21,22)23/h3-10,13H,11-12H2,1-2H3,(H,24,26)/t13-/m1/s1. The number of nitrogens with one attached hydrogen (secondary N) is 1. The molecule has 0 saturated heterocycles. The minimum Gasteiger partial charge on any atom is -0.497 e. The van der Waals surface area contributed by atoms with Crippen LogP contribution in [0.3, 0.4) is 0 Å². The predicted molar refractivity (Wildman–Crippen MR) is 95.5 cm³/mol. The van der Waals surface area contributed by atoms with Crippen LogP contribution in [0.15, 0.2) is 48.5 Å². The van der Waals surface area contributed by atoms with E-state index in [1.165, 1.54) is 19.1 Å². The van der Waals surface area contributed by atoms with E-state index >= 15 is 0 Å². The summed E-state index contributed by atoms with van der Waals surface area (Å²) in [6.07, 6.45) is -5.93. The topological polar surface area (TPSA) is 64.6 Å². The number of hydrogen-bond acceptors (Lipinski definition) is 4. The van der Waals surface area contributed by atoms with Crippen LogP contribution >= 0.6 is 0 Å². The summed E-state index contributed by atoms with van der Waals surface area (Å²) in [6, 6.07) is 11.5. The number of esters is 1. The van der Waals surface area contributed by atoms with Crippen molar-refractivity contribution in [2.75, 3.05) is 7.11 Å². The maximum absolute atomic E-state index is 12.7. The lowest BCUT2D eigenvalue weighted by molar-refractivity contribution is -0.154. The van der Waals surface area contributed by atoms with Gasteiger partial charge in [0.1, 0.15) is 5.75 Å². The normalized spacial score (nSPS) is 12.2. The predicted octanol–water partition coefficient (Wildman–Crippen LogP) is 3.50. The first-order valence-electron chi connectivity index (χ1n) is 8.45. The molecule has 5 nitrogen and oxygen atoms in total. The smallest absolute Gasteiger partial charge is 0.416 e. The Morgan fingerprint density at radius 2 is 1.75 bits per heavy atom. The molecule has 28 heavy (non-hydrogen) atoms. The van der Waals surface area contributed by atoms with Gasteiger partial charge >= 0.3 is 12.1 Å². The summed E-state index contributed by atoms with van der Waals surface area (Å²) in [5.74, 6) is -0.605. The fourth-order valence-electron chi connectivity index (χ4n) is 2.39. The van der Waals surface area contributed by atoms with Gasteiger partial charge in [-0.1, -0.05) is 30.3 Å². The van der Waals surface area contributed by atoms with Crippen LogP contribution in [0, 0.1) is 0 Å². The third-order valence-corrected chi connectivity index (χ3v) is 3.91. The van der Waals surface area contributed by atoms with Gasteiger partial charge in [-0.15, -0.1) is 0 Å². The molecule has 0 heterocycles. The van der Waals surface area contributed by atoms with Gasteiger partial charge < -0.3 is 14.8 Å². The molecule has 150 valence electrons. The van der Waals surface area contributed by atoms with E-state index in [0.29, 0.717) is 5.75 Å². The van der Waals surface area contributed by atoms with Crippen molar-refractivity contribution >= 4 is 11.9 Å². The lowest BCUT2D eigenvalue weighted by Crippen LogP contribution is -2.35. The highest BCUT2D eigenvalue weighted by Crippen LogP contribution is 2.29. The zero-order valence-corrected chi connectivity index (χ0v) is 15.4. The zero-order chi connectivity index (χ0) is 20.7. The van der Waals surface area contributed by atoms with Crippen LogP contribution in [0.2, 0.25) is 0 Å². The van der Waals surface area contributed by atoms with Crippen molar-refractivity contribution in [3.05, 3.63) is 65.2 Å². The highest BCUT2D eigenvalue weighted by atomic mass is 19.4. The lowest BCUT2D eigenvalue weighted by Gasteiger charge is -2.14. The molecular formula is C20H20F3NO4. The number of ether oxygens (including phenoxy) is 2. The first kappa shape index (κ1) is 21.3. The highest BCUT2D eigenvalue weighted by Gasteiger charge is 2.30. The summed E-state index contributed by atoms with van der Waals surface area (Å²) in [6.45, 7) is 1.63. The van der Waals surface area contributed by atoms with E-state index in [4.69, 9.17) is 9.47 Å². The molecule has 0 radical (unpaired) electrons. The number of hydrogen-bond donors (Lipinski definition) is 1. The number of halogens is 3. The van der Waals surface area contributed by atoms with Gasteiger partial charge in [0.2, 0.25) is 0 Å². The van der Waals surface area contributed by atoms with Gasteiger partial charge in [-0.3, -0.25) is 9.59 Å². The molecule has 0 spiro atoms. The molecule has 2 rings (SSSR count). The number of methoxy groups -OCH3 is 1. The van der Waals surface area contributed by atoms with Crippen LogP contribution in [-0.4, -0.2) is 25.1 Å². The van der Waals surface area contributed by atoms with Gasteiger partial charge in [0, 0.05) is 6.54 Å². The highest BCUT2D eigenvalue weighted by molar-refractivity contribution is 5.83. The van der Waals surface area contributed by atoms with E-state index in [-0.39, 0.29) is 18.5 Å². The molecule has 0 aliphatic heterocycles.